The molecule has 19 heavy (non-hydrogen) atoms. The van der Waals surface area contributed by atoms with Crippen LogP contribution in [0.2, 0.25) is 0 Å². The zero-order valence-electron chi connectivity index (χ0n) is 11.0. The van der Waals surface area contributed by atoms with Crippen molar-refractivity contribution < 1.29 is 8.42 Å². The molecule has 1 saturated heterocycles. The normalized spacial score (nSPS) is 24.4. The first-order valence-electron chi connectivity index (χ1n) is 6.95. The van der Waals surface area contributed by atoms with Gasteiger partial charge in [0.2, 0.25) is 10.0 Å². The molecule has 2 aliphatic rings. The van der Waals surface area contributed by atoms with Crippen LogP contribution in [-0.4, -0.2) is 31.9 Å². The second-order valence-electron chi connectivity index (χ2n) is 5.55. The number of nitrogens with zero attached hydrogens (tertiary/aromatic N) is 1. The fourth-order valence-corrected chi connectivity index (χ4v) is 4.55. The predicted octanol–water partition coefficient (Wildman–Crippen LogP) is 1.29. The smallest absolute Gasteiger partial charge is 0.243 e. The van der Waals surface area contributed by atoms with E-state index in [1.54, 1.807) is 6.07 Å². The van der Waals surface area contributed by atoms with Gasteiger partial charge in [0.1, 0.15) is 0 Å². The van der Waals surface area contributed by atoms with Crippen molar-refractivity contribution in [1.29, 1.82) is 0 Å². The van der Waals surface area contributed by atoms with Crippen molar-refractivity contribution in [1.82, 2.24) is 4.31 Å². The Morgan fingerprint density at radius 3 is 2.58 bits per heavy atom. The summed E-state index contributed by atoms with van der Waals surface area (Å²) in [5, 5.41) is 0. The number of rotatable bonds is 2. The molecule has 3 rings (SSSR count). The molecule has 1 heterocycles. The molecule has 0 amide bonds. The number of sulfonamides is 1. The van der Waals surface area contributed by atoms with Crippen molar-refractivity contribution in [3.8, 4) is 0 Å². The molecular weight excluding hydrogens is 260 g/mol. The Morgan fingerprint density at radius 2 is 1.89 bits per heavy atom. The van der Waals surface area contributed by atoms with Crippen LogP contribution in [0.25, 0.3) is 0 Å². The van der Waals surface area contributed by atoms with Gasteiger partial charge in [-0.1, -0.05) is 6.07 Å². The Labute approximate surface area is 114 Å². The Morgan fingerprint density at radius 1 is 1.16 bits per heavy atom. The lowest BCUT2D eigenvalue weighted by atomic mass is 9.92. The number of aryl methyl sites for hydroxylation is 2. The van der Waals surface area contributed by atoms with E-state index in [1.165, 1.54) is 21.9 Å². The summed E-state index contributed by atoms with van der Waals surface area (Å²) < 4.78 is 26.6. The van der Waals surface area contributed by atoms with E-state index >= 15 is 0 Å². The second-order valence-corrected chi connectivity index (χ2v) is 7.49. The maximum atomic E-state index is 12.5. The average molecular weight is 280 g/mol. The molecule has 1 fully saturated rings. The summed E-state index contributed by atoms with van der Waals surface area (Å²) in [6.07, 6.45) is 5.19. The van der Waals surface area contributed by atoms with Crippen LogP contribution < -0.4 is 5.73 Å². The van der Waals surface area contributed by atoms with Gasteiger partial charge in [0.15, 0.2) is 0 Å². The molecule has 1 aliphatic heterocycles. The van der Waals surface area contributed by atoms with Crippen molar-refractivity contribution in [2.24, 2.45) is 5.73 Å². The van der Waals surface area contributed by atoms with Gasteiger partial charge in [0.25, 0.3) is 0 Å². The molecule has 0 spiro atoms. The number of hydrogen-bond acceptors (Lipinski definition) is 3. The zero-order chi connectivity index (χ0) is 13.5. The third-order valence-corrected chi connectivity index (χ3v) is 6.01. The van der Waals surface area contributed by atoms with Crippen LogP contribution in [0, 0.1) is 0 Å². The van der Waals surface area contributed by atoms with Crippen LogP contribution in [0.4, 0.5) is 0 Å². The van der Waals surface area contributed by atoms with E-state index in [4.69, 9.17) is 5.73 Å². The predicted molar refractivity (Wildman–Crippen MR) is 74.4 cm³/mol. The van der Waals surface area contributed by atoms with Crippen LogP contribution in [0.15, 0.2) is 23.1 Å². The lowest BCUT2D eigenvalue weighted by Gasteiger charge is -2.19. The molecule has 0 bridgehead atoms. The minimum Gasteiger partial charge on any atom is -0.326 e. The first-order chi connectivity index (χ1) is 9.07. The summed E-state index contributed by atoms with van der Waals surface area (Å²) in [5.74, 6) is 0. The Kier molecular flexibility index (Phi) is 3.37. The fraction of sp³-hybridized carbons (Fsp3) is 0.571. The highest BCUT2D eigenvalue weighted by Crippen LogP contribution is 2.26. The first kappa shape index (κ1) is 13.1. The molecule has 104 valence electrons. The lowest BCUT2D eigenvalue weighted by molar-refractivity contribution is 0.472. The number of nitrogens with two attached hydrogens (primary N) is 1. The Hall–Kier alpha value is -0.910. The maximum Gasteiger partial charge on any atom is 0.243 e. The second kappa shape index (κ2) is 4.89. The number of hydrogen-bond donors (Lipinski definition) is 1. The Balaban J connectivity index is 1.93. The first-order valence-corrected chi connectivity index (χ1v) is 8.39. The molecule has 0 unspecified atom stereocenters. The summed E-state index contributed by atoms with van der Waals surface area (Å²) in [7, 11) is -3.35. The fourth-order valence-electron chi connectivity index (χ4n) is 2.99. The minimum absolute atomic E-state index is 0.0209. The molecule has 0 saturated carbocycles. The molecule has 1 aromatic rings. The highest BCUT2D eigenvalue weighted by molar-refractivity contribution is 7.89. The van der Waals surface area contributed by atoms with E-state index in [1.807, 2.05) is 12.1 Å². The summed E-state index contributed by atoms with van der Waals surface area (Å²) in [6.45, 7) is 0.986. The Bertz CT molecular complexity index is 583. The molecule has 1 aliphatic carbocycles. The SMILES string of the molecule is N[C@H]1CCN(S(=O)(=O)c2ccc3c(c2)CCCC3)C1. The monoisotopic (exact) mass is 280 g/mol. The van der Waals surface area contributed by atoms with Gasteiger partial charge in [0, 0.05) is 19.1 Å². The zero-order valence-corrected chi connectivity index (χ0v) is 11.8. The highest BCUT2D eigenvalue weighted by atomic mass is 32.2. The third-order valence-electron chi connectivity index (χ3n) is 4.15. The van der Waals surface area contributed by atoms with Gasteiger partial charge in [0.05, 0.1) is 4.90 Å². The van der Waals surface area contributed by atoms with E-state index in [0.29, 0.717) is 18.0 Å². The van der Waals surface area contributed by atoms with Crippen LogP contribution >= 0.6 is 0 Å². The van der Waals surface area contributed by atoms with Gasteiger partial charge in [-0.15, -0.1) is 0 Å². The van der Waals surface area contributed by atoms with Crippen LogP contribution in [0.1, 0.15) is 30.4 Å². The van der Waals surface area contributed by atoms with Gasteiger partial charge < -0.3 is 5.73 Å². The average Bonchev–Trinajstić information content (AvgIpc) is 2.85. The lowest BCUT2D eigenvalue weighted by Crippen LogP contribution is -2.32. The van der Waals surface area contributed by atoms with Gasteiger partial charge >= 0.3 is 0 Å². The number of fused-ring (bicyclic) bond motifs is 1. The molecule has 1 aromatic carbocycles. The molecule has 2 N–H and O–H groups in total. The molecule has 0 radical (unpaired) electrons. The van der Waals surface area contributed by atoms with Crippen molar-refractivity contribution in [3.63, 3.8) is 0 Å². The minimum atomic E-state index is -3.35. The molecule has 1 atom stereocenters. The van der Waals surface area contributed by atoms with Crippen molar-refractivity contribution in [3.05, 3.63) is 29.3 Å². The standard InChI is InChI=1S/C14H20N2O2S/c15-13-7-8-16(10-13)19(17,18)14-6-5-11-3-1-2-4-12(11)9-14/h5-6,9,13H,1-4,7-8,10,15H2/t13-/m0/s1. The van der Waals surface area contributed by atoms with E-state index < -0.39 is 10.0 Å². The van der Waals surface area contributed by atoms with E-state index in [0.717, 1.165) is 25.7 Å². The van der Waals surface area contributed by atoms with Crippen molar-refractivity contribution in [2.75, 3.05) is 13.1 Å². The summed E-state index contributed by atoms with van der Waals surface area (Å²) >= 11 is 0. The van der Waals surface area contributed by atoms with Crippen LogP contribution in [-0.2, 0) is 22.9 Å². The summed E-state index contributed by atoms with van der Waals surface area (Å²) in [4.78, 5) is 0.433. The van der Waals surface area contributed by atoms with Crippen LogP contribution in [0.5, 0.6) is 0 Å². The molecule has 0 aromatic heterocycles. The van der Waals surface area contributed by atoms with E-state index in [9.17, 15) is 8.42 Å². The van der Waals surface area contributed by atoms with Gasteiger partial charge in [-0.05, 0) is 55.4 Å². The van der Waals surface area contributed by atoms with Crippen LogP contribution in [0.3, 0.4) is 0 Å². The van der Waals surface area contributed by atoms with Gasteiger partial charge in [-0.25, -0.2) is 8.42 Å². The van der Waals surface area contributed by atoms with E-state index in [2.05, 4.69) is 0 Å². The van der Waals surface area contributed by atoms with E-state index in [-0.39, 0.29) is 6.04 Å². The topological polar surface area (TPSA) is 63.4 Å². The molecule has 4 nitrogen and oxygen atoms in total. The summed E-state index contributed by atoms with van der Waals surface area (Å²) in [6, 6.07) is 5.58. The number of benzene rings is 1. The summed E-state index contributed by atoms with van der Waals surface area (Å²) in [5.41, 5.74) is 8.32. The highest BCUT2D eigenvalue weighted by Gasteiger charge is 2.31. The molecular formula is C14H20N2O2S. The largest absolute Gasteiger partial charge is 0.326 e. The third kappa shape index (κ3) is 2.42. The van der Waals surface area contributed by atoms with Crippen molar-refractivity contribution >= 4 is 10.0 Å². The maximum absolute atomic E-state index is 12.5. The molecule has 5 heteroatoms. The van der Waals surface area contributed by atoms with Crippen molar-refractivity contribution in [2.45, 2.75) is 43.0 Å². The van der Waals surface area contributed by atoms with Gasteiger partial charge in [-0.2, -0.15) is 4.31 Å². The van der Waals surface area contributed by atoms with Gasteiger partial charge in [-0.3, -0.25) is 0 Å². The quantitative estimate of drug-likeness (QED) is 0.888.